The van der Waals surface area contributed by atoms with Gasteiger partial charge in [-0.3, -0.25) is 9.69 Å². The number of aromatic nitrogens is 1. The monoisotopic (exact) mass is 342 g/mol. The maximum atomic E-state index is 13.0. The van der Waals surface area contributed by atoms with Crippen LogP contribution in [0.15, 0.2) is 36.4 Å². The largest absolute Gasteiger partial charge is 0.376 e. The SMILES string of the molecule is O=C(C[C@@H]1C=CCC1)N(C[C@@H]1CCCO1)c1nc2ccccc2s1. The summed E-state index contributed by atoms with van der Waals surface area (Å²) < 4.78 is 6.89. The standard InChI is InChI=1S/C19H22N2O2S/c22-18(12-14-6-1-2-7-14)21(13-15-8-5-11-23-15)19-20-16-9-3-4-10-17(16)24-19/h1,3-4,6,9-10,14-15H,2,5,7-8,11-13H2/t14-,15+/m1/s1. The van der Waals surface area contributed by atoms with Crippen LogP contribution < -0.4 is 4.90 Å². The Morgan fingerprint density at radius 1 is 1.33 bits per heavy atom. The van der Waals surface area contributed by atoms with Gasteiger partial charge in [0.05, 0.1) is 22.9 Å². The van der Waals surface area contributed by atoms with Crippen molar-refractivity contribution >= 4 is 32.6 Å². The van der Waals surface area contributed by atoms with Crippen LogP contribution in [0.2, 0.25) is 0 Å². The van der Waals surface area contributed by atoms with Crippen LogP contribution in [-0.2, 0) is 9.53 Å². The van der Waals surface area contributed by atoms with Gasteiger partial charge < -0.3 is 4.74 Å². The Labute approximate surface area is 146 Å². The Morgan fingerprint density at radius 2 is 2.25 bits per heavy atom. The number of thiazole rings is 1. The molecule has 0 radical (unpaired) electrons. The number of hydrogen-bond acceptors (Lipinski definition) is 4. The molecule has 0 spiro atoms. The summed E-state index contributed by atoms with van der Waals surface area (Å²) >= 11 is 1.60. The molecule has 2 aliphatic rings. The molecule has 1 saturated heterocycles. The lowest BCUT2D eigenvalue weighted by molar-refractivity contribution is -0.119. The van der Waals surface area contributed by atoms with Crippen molar-refractivity contribution in [2.45, 2.75) is 38.2 Å². The number of para-hydroxylation sites is 1. The van der Waals surface area contributed by atoms with Crippen LogP contribution in [0.1, 0.15) is 32.1 Å². The smallest absolute Gasteiger partial charge is 0.229 e. The van der Waals surface area contributed by atoms with Gasteiger partial charge in [-0.25, -0.2) is 4.98 Å². The molecule has 0 N–H and O–H groups in total. The minimum atomic E-state index is 0.139. The molecule has 5 heteroatoms. The molecule has 2 heterocycles. The zero-order valence-electron chi connectivity index (χ0n) is 13.7. The third-order valence-electron chi connectivity index (χ3n) is 4.77. The number of fused-ring (bicyclic) bond motifs is 1. The van der Waals surface area contributed by atoms with E-state index in [0.29, 0.717) is 18.9 Å². The lowest BCUT2D eigenvalue weighted by atomic mass is 10.0. The molecule has 0 saturated carbocycles. The number of ether oxygens (including phenoxy) is 1. The highest BCUT2D eigenvalue weighted by molar-refractivity contribution is 7.22. The highest BCUT2D eigenvalue weighted by Gasteiger charge is 2.27. The molecule has 0 unspecified atom stereocenters. The Bertz CT molecular complexity index is 716. The van der Waals surface area contributed by atoms with Crippen molar-refractivity contribution in [3.8, 4) is 0 Å². The maximum Gasteiger partial charge on any atom is 0.229 e. The van der Waals surface area contributed by atoms with Gasteiger partial charge in [0.1, 0.15) is 0 Å². The fourth-order valence-electron chi connectivity index (χ4n) is 3.45. The summed E-state index contributed by atoms with van der Waals surface area (Å²) in [6.07, 6.45) is 9.35. The van der Waals surface area contributed by atoms with Gasteiger partial charge in [-0.1, -0.05) is 35.6 Å². The van der Waals surface area contributed by atoms with E-state index in [1.165, 1.54) is 0 Å². The van der Waals surface area contributed by atoms with Crippen LogP contribution in [0.4, 0.5) is 5.13 Å². The van der Waals surface area contributed by atoms with Crippen LogP contribution in [0, 0.1) is 5.92 Å². The second kappa shape index (κ2) is 7.03. The zero-order valence-corrected chi connectivity index (χ0v) is 14.5. The average Bonchev–Trinajstić information content (AvgIpc) is 3.33. The minimum absolute atomic E-state index is 0.139. The van der Waals surface area contributed by atoms with E-state index in [-0.39, 0.29) is 12.0 Å². The third kappa shape index (κ3) is 3.37. The number of anilines is 1. The first-order valence-electron chi connectivity index (χ1n) is 8.74. The van der Waals surface area contributed by atoms with Crippen molar-refractivity contribution in [1.82, 2.24) is 4.98 Å². The van der Waals surface area contributed by atoms with Crippen LogP contribution in [0.5, 0.6) is 0 Å². The fourth-order valence-corrected chi connectivity index (χ4v) is 4.45. The molecular weight excluding hydrogens is 320 g/mol. The molecule has 1 aromatic heterocycles. The zero-order chi connectivity index (χ0) is 16.4. The summed E-state index contributed by atoms with van der Waals surface area (Å²) in [6.45, 7) is 1.42. The van der Waals surface area contributed by atoms with Crippen molar-refractivity contribution in [2.75, 3.05) is 18.1 Å². The molecule has 4 rings (SSSR count). The topological polar surface area (TPSA) is 42.4 Å². The predicted molar refractivity (Wildman–Crippen MR) is 97.4 cm³/mol. The summed E-state index contributed by atoms with van der Waals surface area (Å²) in [7, 11) is 0. The Hall–Kier alpha value is -1.72. The highest BCUT2D eigenvalue weighted by atomic mass is 32.1. The van der Waals surface area contributed by atoms with Crippen molar-refractivity contribution < 1.29 is 9.53 Å². The molecule has 1 aromatic carbocycles. The summed E-state index contributed by atoms with van der Waals surface area (Å²) in [5, 5.41) is 0.804. The van der Waals surface area contributed by atoms with Crippen molar-refractivity contribution in [1.29, 1.82) is 0 Å². The number of benzene rings is 1. The first-order chi connectivity index (χ1) is 11.8. The molecule has 0 bridgehead atoms. The van der Waals surface area contributed by atoms with E-state index in [1.807, 2.05) is 23.1 Å². The van der Waals surface area contributed by atoms with Gasteiger partial charge >= 0.3 is 0 Å². The molecule has 24 heavy (non-hydrogen) atoms. The Balaban J connectivity index is 1.58. The highest BCUT2D eigenvalue weighted by Crippen LogP contribution is 2.31. The second-order valence-corrected chi connectivity index (χ2v) is 7.58. The normalized spacial score (nSPS) is 23.2. The minimum Gasteiger partial charge on any atom is -0.376 e. The van der Waals surface area contributed by atoms with E-state index < -0.39 is 0 Å². The molecule has 4 nitrogen and oxygen atoms in total. The van der Waals surface area contributed by atoms with Crippen LogP contribution in [0.25, 0.3) is 10.2 Å². The number of allylic oxidation sites excluding steroid dienone is 2. The van der Waals surface area contributed by atoms with Crippen LogP contribution in [0.3, 0.4) is 0 Å². The number of nitrogens with zero attached hydrogens (tertiary/aromatic N) is 2. The summed E-state index contributed by atoms with van der Waals surface area (Å²) in [4.78, 5) is 19.5. The first-order valence-corrected chi connectivity index (χ1v) is 9.55. The molecule has 1 aliphatic carbocycles. The third-order valence-corrected chi connectivity index (χ3v) is 5.83. The lowest BCUT2D eigenvalue weighted by Gasteiger charge is -2.24. The molecule has 126 valence electrons. The number of hydrogen-bond donors (Lipinski definition) is 0. The van der Waals surface area contributed by atoms with Crippen molar-refractivity contribution in [3.05, 3.63) is 36.4 Å². The number of carbonyl (C=O) groups excluding carboxylic acids is 1. The van der Waals surface area contributed by atoms with Crippen molar-refractivity contribution in [2.24, 2.45) is 5.92 Å². The van der Waals surface area contributed by atoms with E-state index >= 15 is 0 Å². The molecule has 2 aromatic rings. The lowest BCUT2D eigenvalue weighted by Crippen LogP contribution is -2.38. The van der Waals surface area contributed by atoms with E-state index in [4.69, 9.17) is 9.72 Å². The summed E-state index contributed by atoms with van der Waals surface area (Å²) in [5.41, 5.74) is 0.961. The van der Waals surface area contributed by atoms with E-state index in [9.17, 15) is 4.79 Å². The average molecular weight is 342 g/mol. The first kappa shape index (κ1) is 15.8. The Morgan fingerprint density at radius 3 is 3.00 bits per heavy atom. The van der Waals surface area contributed by atoms with Gasteiger partial charge in [-0.2, -0.15) is 0 Å². The summed E-state index contributed by atoms with van der Waals surface area (Å²) in [5.74, 6) is 0.542. The Kier molecular flexibility index (Phi) is 4.63. The van der Waals surface area contributed by atoms with Gasteiger partial charge in [0.15, 0.2) is 5.13 Å². The van der Waals surface area contributed by atoms with Gasteiger partial charge in [0.2, 0.25) is 5.91 Å². The predicted octanol–water partition coefficient (Wildman–Crippen LogP) is 4.16. The van der Waals surface area contributed by atoms with E-state index in [1.54, 1.807) is 11.3 Å². The summed E-state index contributed by atoms with van der Waals surface area (Å²) in [6, 6.07) is 8.07. The maximum absolute atomic E-state index is 13.0. The van der Waals surface area contributed by atoms with Crippen LogP contribution >= 0.6 is 11.3 Å². The van der Waals surface area contributed by atoms with E-state index in [2.05, 4.69) is 18.2 Å². The number of amides is 1. The van der Waals surface area contributed by atoms with Crippen LogP contribution in [-0.4, -0.2) is 30.1 Å². The van der Waals surface area contributed by atoms with Gasteiger partial charge in [-0.05, 0) is 43.7 Å². The molecule has 2 atom stereocenters. The number of rotatable bonds is 5. The second-order valence-electron chi connectivity index (χ2n) is 6.57. The van der Waals surface area contributed by atoms with E-state index in [0.717, 1.165) is 47.6 Å². The molecule has 1 aliphatic heterocycles. The molecule has 1 fully saturated rings. The quantitative estimate of drug-likeness (QED) is 0.766. The van der Waals surface area contributed by atoms with Gasteiger partial charge in [0.25, 0.3) is 0 Å². The van der Waals surface area contributed by atoms with Gasteiger partial charge in [-0.15, -0.1) is 0 Å². The van der Waals surface area contributed by atoms with Crippen molar-refractivity contribution in [3.63, 3.8) is 0 Å². The fraction of sp³-hybridized carbons (Fsp3) is 0.474. The molecule has 1 amide bonds. The number of carbonyl (C=O) groups is 1. The van der Waals surface area contributed by atoms with Gasteiger partial charge in [0, 0.05) is 13.0 Å². The molecular formula is C19H22N2O2S.